The quantitative estimate of drug-likeness (QED) is 0.483. The number of nitro benzene ring substituents is 1. The average molecular weight is 266 g/mol. The van der Waals surface area contributed by atoms with Crippen molar-refractivity contribution in [1.82, 2.24) is 5.32 Å². The summed E-state index contributed by atoms with van der Waals surface area (Å²) >= 11 is 0. The van der Waals surface area contributed by atoms with Gasteiger partial charge in [-0.2, -0.15) is 0 Å². The second-order valence-corrected chi connectivity index (χ2v) is 4.40. The normalized spacial score (nSPS) is 13.6. The lowest BCUT2D eigenvalue weighted by molar-refractivity contribution is -0.384. The van der Waals surface area contributed by atoms with Gasteiger partial charge in [0, 0.05) is 24.7 Å². The minimum atomic E-state index is -0.431. The molecule has 0 aliphatic rings. The number of hydrogen-bond donors (Lipinski definition) is 1. The Morgan fingerprint density at radius 1 is 1.37 bits per heavy atom. The Labute approximate surface area is 111 Å². The standard InChI is InChI=1S/C13H18N2O4/c1-9(13(16)19-3)10(2)14-8-11-4-6-12(7-5-11)15(17)18/h4-7,9-10,14H,8H2,1-3H3. The number of non-ortho nitro benzene ring substituents is 1. The zero-order valence-electron chi connectivity index (χ0n) is 11.3. The number of carbonyl (C=O) groups excluding carboxylic acids is 1. The second-order valence-electron chi connectivity index (χ2n) is 4.40. The first kappa shape index (κ1) is 15.1. The Morgan fingerprint density at radius 3 is 2.42 bits per heavy atom. The summed E-state index contributed by atoms with van der Waals surface area (Å²) in [5, 5.41) is 13.7. The molecule has 1 rings (SSSR count). The maximum Gasteiger partial charge on any atom is 0.309 e. The van der Waals surface area contributed by atoms with E-state index in [4.69, 9.17) is 0 Å². The van der Waals surface area contributed by atoms with Crippen molar-refractivity contribution in [2.75, 3.05) is 7.11 Å². The third-order valence-electron chi connectivity index (χ3n) is 3.10. The van der Waals surface area contributed by atoms with Gasteiger partial charge in [0.15, 0.2) is 0 Å². The highest BCUT2D eigenvalue weighted by Crippen LogP contribution is 2.12. The van der Waals surface area contributed by atoms with Gasteiger partial charge >= 0.3 is 5.97 Å². The number of nitrogens with zero attached hydrogens (tertiary/aromatic N) is 1. The van der Waals surface area contributed by atoms with Crippen LogP contribution in [0.25, 0.3) is 0 Å². The molecule has 6 nitrogen and oxygen atoms in total. The van der Waals surface area contributed by atoms with Crippen molar-refractivity contribution in [3.8, 4) is 0 Å². The number of hydrogen-bond acceptors (Lipinski definition) is 5. The molecule has 0 aliphatic heterocycles. The summed E-state index contributed by atoms with van der Waals surface area (Å²) in [7, 11) is 1.36. The molecule has 2 unspecified atom stereocenters. The minimum Gasteiger partial charge on any atom is -0.469 e. The number of esters is 1. The van der Waals surface area contributed by atoms with Crippen LogP contribution in [0, 0.1) is 16.0 Å². The largest absolute Gasteiger partial charge is 0.469 e. The van der Waals surface area contributed by atoms with Gasteiger partial charge in [0.05, 0.1) is 18.0 Å². The molecule has 0 radical (unpaired) electrons. The number of nitrogens with one attached hydrogen (secondary N) is 1. The summed E-state index contributed by atoms with van der Waals surface area (Å²) in [4.78, 5) is 21.4. The Kier molecular flexibility index (Phi) is 5.44. The monoisotopic (exact) mass is 266 g/mol. The number of rotatable bonds is 6. The Balaban J connectivity index is 2.52. The fraction of sp³-hybridized carbons (Fsp3) is 0.462. The molecule has 104 valence electrons. The third-order valence-corrected chi connectivity index (χ3v) is 3.10. The van der Waals surface area contributed by atoms with E-state index in [0.717, 1.165) is 5.56 Å². The fourth-order valence-corrected chi connectivity index (χ4v) is 1.58. The molecule has 0 saturated heterocycles. The Hall–Kier alpha value is -1.95. The molecule has 1 aromatic carbocycles. The molecule has 6 heteroatoms. The van der Waals surface area contributed by atoms with Crippen LogP contribution in [0.15, 0.2) is 24.3 Å². The van der Waals surface area contributed by atoms with Crippen molar-refractivity contribution in [1.29, 1.82) is 0 Å². The third kappa shape index (κ3) is 4.33. The molecule has 19 heavy (non-hydrogen) atoms. The van der Waals surface area contributed by atoms with Crippen LogP contribution in [0.2, 0.25) is 0 Å². The topological polar surface area (TPSA) is 81.5 Å². The maximum absolute atomic E-state index is 11.3. The molecule has 0 heterocycles. The maximum atomic E-state index is 11.3. The summed E-state index contributed by atoms with van der Waals surface area (Å²) in [5.74, 6) is -0.508. The number of methoxy groups -OCH3 is 1. The van der Waals surface area contributed by atoms with E-state index in [2.05, 4.69) is 10.1 Å². The van der Waals surface area contributed by atoms with Crippen LogP contribution in [0.5, 0.6) is 0 Å². The van der Waals surface area contributed by atoms with Crippen LogP contribution in [0.1, 0.15) is 19.4 Å². The molecule has 0 bridgehead atoms. The van der Waals surface area contributed by atoms with E-state index < -0.39 is 4.92 Å². The smallest absolute Gasteiger partial charge is 0.309 e. The molecular formula is C13H18N2O4. The van der Waals surface area contributed by atoms with E-state index >= 15 is 0 Å². The summed E-state index contributed by atoms with van der Waals surface area (Å²) < 4.78 is 4.67. The van der Waals surface area contributed by atoms with Crippen LogP contribution < -0.4 is 5.32 Å². The number of carbonyl (C=O) groups is 1. The number of nitro groups is 1. The summed E-state index contributed by atoms with van der Waals surface area (Å²) in [6.07, 6.45) is 0. The molecule has 0 aromatic heterocycles. The number of benzene rings is 1. The van der Waals surface area contributed by atoms with Gasteiger partial charge < -0.3 is 10.1 Å². The number of ether oxygens (including phenoxy) is 1. The Bertz CT molecular complexity index is 444. The summed E-state index contributed by atoms with van der Waals surface area (Å²) in [5.41, 5.74) is 0.995. The molecule has 0 spiro atoms. The highest BCUT2D eigenvalue weighted by Gasteiger charge is 2.20. The molecule has 1 aromatic rings. The first-order chi connectivity index (χ1) is 8.95. The van der Waals surface area contributed by atoms with Crippen LogP contribution in [0.4, 0.5) is 5.69 Å². The van der Waals surface area contributed by atoms with Crippen molar-refractivity contribution in [3.05, 3.63) is 39.9 Å². The zero-order chi connectivity index (χ0) is 14.4. The highest BCUT2D eigenvalue weighted by atomic mass is 16.6. The van der Waals surface area contributed by atoms with Crippen molar-refractivity contribution in [2.45, 2.75) is 26.4 Å². The van der Waals surface area contributed by atoms with Gasteiger partial charge in [-0.1, -0.05) is 19.1 Å². The first-order valence-electron chi connectivity index (χ1n) is 6.00. The van der Waals surface area contributed by atoms with Gasteiger partial charge in [-0.3, -0.25) is 14.9 Å². The van der Waals surface area contributed by atoms with Crippen molar-refractivity contribution in [2.24, 2.45) is 5.92 Å². The SMILES string of the molecule is COC(=O)C(C)C(C)NCc1ccc([N+](=O)[O-])cc1. The molecule has 0 amide bonds. The highest BCUT2D eigenvalue weighted by molar-refractivity contribution is 5.72. The average Bonchev–Trinajstić information content (AvgIpc) is 2.43. The molecule has 0 fully saturated rings. The lowest BCUT2D eigenvalue weighted by Gasteiger charge is -2.19. The van der Waals surface area contributed by atoms with E-state index in [1.54, 1.807) is 19.1 Å². The molecular weight excluding hydrogens is 248 g/mol. The van der Waals surface area contributed by atoms with E-state index in [1.165, 1.54) is 19.2 Å². The Morgan fingerprint density at radius 2 is 1.95 bits per heavy atom. The zero-order valence-corrected chi connectivity index (χ0v) is 11.3. The van der Waals surface area contributed by atoms with Gasteiger partial charge in [-0.15, -0.1) is 0 Å². The van der Waals surface area contributed by atoms with E-state index in [1.807, 2.05) is 6.92 Å². The van der Waals surface area contributed by atoms with E-state index in [0.29, 0.717) is 6.54 Å². The van der Waals surface area contributed by atoms with Crippen LogP contribution in [-0.2, 0) is 16.1 Å². The second kappa shape index (κ2) is 6.84. The van der Waals surface area contributed by atoms with Gasteiger partial charge in [0.25, 0.3) is 5.69 Å². The molecule has 0 saturated carbocycles. The lowest BCUT2D eigenvalue weighted by Crippen LogP contribution is -2.36. The van der Waals surface area contributed by atoms with Crippen LogP contribution in [0.3, 0.4) is 0 Å². The van der Waals surface area contributed by atoms with Crippen molar-refractivity contribution in [3.63, 3.8) is 0 Å². The molecule has 0 aliphatic carbocycles. The fourth-order valence-electron chi connectivity index (χ4n) is 1.58. The van der Waals surface area contributed by atoms with Gasteiger partial charge in [0.2, 0.25) is 0 Å². The van der Waals surface area contributed by atoms with Gasteiger partial charge in [-0.25, -0.2) is 0 Å². The summed E-state index contributed by atoms with van der Waals surface area (Å²) in [6.45, 7) is 4.23. The van der Waals surface area contributed by atoms with Gasteiger partial charge in [0.1, 0.15) is 0 Å². The van der Waals surface area contributed by atoms with Crippen LogP contribution >= 0.6 is 0 Å². The predicted molar refractivity (Wildman–Crippen MR) is 70.6 cm³/mol. The van der Waals surface area contributed by atoms with Crippen molar-refractivity contribution < 1.29 is 14.5 Å². The molecule has 1 N–H and O–H groups in total. The predicted octanol–water partition coefficient (Wildman–Crippen LogP) is 1.88. The molecule has 2 atom stereocenters. The van der Waals surface area contributed by atoms with E-state index in [-0.39, 0.29) is 23.6 Å². The van der Waals surface area contributed by atoms with E-state index in [9.17, 15) is 14.9 Å². The minimum absolute atomic E-state index is 0.0392. The first-order valence-corrected chi connectivity index (χ1v) is 6.00. The summed E-state index contributed by atoms with van der Waals surface area (Å²) in [6, 6.07) is 6.28. The lowest BCUT2D eigenvalue weighted by atomic mass is 10.0. The van der Waals surface area contributed by atoms with Gasteiger partial charge in [-0.05, 0) is 12.5 Å². The van der Waals surface area contributed by atoms with Crippen molar-refractivity contribution >= 4 is 11.7 Å². The van der Waals surface area contributed by atoms with Crippen LogP contribution in [-0.4, -0.2) is 24.0 Å².